The lowest BCUT2D eigenvalue weighted by molar-refractivity contribution is 0.623. The Morgan fingerprint density at radius 3 is 2.68 bits per heavy atom. The SMILES string of the molecule is Nc1ccc2oc(Nc3ccc(Cl)c(Cl)c3)nc2c1. The van der Waals surface area contributed by atoms with E-state index in [1.54, 1.807) is 36.4 Å². The molecule has 0 aliphatic carbocycles. The molecule has 1 aromatic heterocycles. The van der Waals surface area contributed by atoms with Crippen LogP contribution in [0.5, 0.6) is 0 Å². The molecular weight excluding hydrogens is 285 g/mol. The van der Waals surface area contributed by atoms with Gasteiger partial charge < -0.3 is 15.5 Å². The molecule has 2 aromatic carbocycles. The maximum Gasteiger partial charge on any atom is 0.300 e. The summed E-state index contributed by atoms with van der Waals surface area (Å²) in [6, 6.07) is 10.9. The van der Waals surface area contributed by atoms with E-state index in [0.717, 1.165) is 5.69 Å². The Kier molecular flexibility index (Phi) is 2.97. The number of aromatic nitrogens is 1. The van der Waals surface area contributed by atoms with Gasteiger partial charge in [-0.15, -0.1) is 0 Å². The van der Waals surface area contributed by atoms with Gasteiger partial charge in [-0.05, 0) is 36.4 Å². The number of nitrogens with zero attached hydrogens (tertiary/aromatic N) is 1. The van der Waals surface area contributed by atoms with Gasteiger partial charge in [-0.25, -0.2) is 0 Å². The first-order valence-corrected chi connectivity index (χ1v) is 6.25. The molecular formula is C13H9Cl2N3O. The fourth-order valence-electron chi connectivity index (χ4n) is 1.70. The average Bonchev–Trinajstić information content (AvgIpc) is 2.75. The lowest BCUT2D eigenvalue weighted by Crippen LogP contribution is -1.89. The van der Waals surface area contributed by atoms with Crippen LogP contribution in [0.2, 0.25) is 10.0 Å². The molecule has 4 nitrogen and oxygen atoms in total. The van der Waals surface area contributed by atoms with E-state index in [1.165, 1.54) is 0 Å². The summed E-state index contributed by atoms with van der Waals surface area (Å²) in [4.78, 5) is 4.29. The Hall–Kier alpha value is -1.91. The van der Waals surface area contributed by atoms with E-state index in [-0.39, 0.29) is 0 Å². The Labute approximate surface area is 119 Å². The van der Waals surface area contributed by atoms with E-state index >= 15 is 0 Å². The van der Waals surface area contributed by atoms with E-state index in [4.69, 9.17) is 33.4 Å². The highest BCUT2D eigenvalue weighted by Crippen LogP contribution is 2.28. The smallest absolute Gasteiger partial charge is 0.300 e. The van der Waals surface area contributed by atoms with Crippen LogP contribution >= 0.6 is 23.2 Å². The zero-order valence-corrected chi connectivity index (χ0v) is 11.2. The monoisotopic (exact) mass is 293 g/mol. The second-order valence-electron chi connectivity index (χ2n) is 4.00. The molecule has 0 spiro atoms. The third-order valence-electron chi connectivity index (χ3n) is 2.58. The van der Waals surface area contributed by atoms with Gasteiger partial charge in [-0.3, -0.25) is 0 Å². The minimum absolute atomic E-state index is 0.374. The second-order valence-corrected chi connectivity index (χ2v) is 4.81. The van der Waals surface area contributed by atoms with Gasteiger partial charge in [0.15, 0.2) is 5.58 Å². The van der Waals surface area contributed by atoms with Crippen LogP contribution in [0, 0.1) is 0 Å². The van der Waals surface area contributed by atoms with Crippen LogP contribution in [-0.2, 0) is 0 Å². The summed E-state index contributed by atoms with van der Waals surface area (Å²) in [6.45, 7) is 0. The van der Waals surface area contributed by atoms with Crippen LogP contribution < -0.4 is 11.1 Å². The maximum absolute atomic E-state index is 5.94. The molecule has 0 atom stereocenters. The quantitative estimate of drug-likeness (QED) is 0.685. The summed E-state index contributed by atoms with van der Waals surface area (Å²) in [7, 11) is 0. The van der Waals surface area contributed by atoms with Crippen LogP contribution in [0.25, 0.3) is 11.1 Å². The van der Waals surface area contributed by atoms with E-state index in [1.807, 2.05) is 0 Å². The molecule has 0 radical (unpaired) electrons. The molecule has 0 bridgehead atoms. The van der Waals surface area contributed by atoms with Gasteiger partial charge in [0, 0.05) is 11.4 Å². The number of halogens is 2. The summed E-state index contributed by atoms with van der Waals surface area (Å²) in [5.41, 5.74) is 8.43. The third kappa shape index (κ3) is 2.45. The number of nitrogen functional groups attached to an aromatic ring is 1. The first kappa shape index (κ1) is 12.1. The van der Waals surface area contributed by atoms with Crippen LogP contribution in [0.4, 0.5) is 17.4 Å². The molecule has 0 amide bonds. The molecule has 6 heteroatoms. The van der Waals surface area contributed by atoms with E-state index in [0.29, 0.717) is 32.8 Å². The third-order valence-corrected chi connectivity index (χ3v) is 3.32. The molecule has 0 unspecified atom stereocenters. The second kappa shape index (κ2) is 4.64. The summed E-state index contributed by atoms with van der Waals surface area (Å²) in [5, 5.41) is 3.98. The van der Waals surface area contributed by atoms with Gasteiger partial charge in [-0.1, -0.05) is 23.2 Å². The van der Waals surface area contributed by atoms with Crippen molar-refractivity contribution >= 4 is 51.7 Å². The predicted octanol–water partition coefficient (Wildman–Crippen LogP) is 4.46. The minimum atomic E-state index is 0.374. The molecule has 3 aromatic rings. The summed E-state index contributed by atoms with van der Waals surface area (Å²) < 4.78 is 5.54. The number of oxazole rings is 1. The first-order valence-electron chi connectivity index (χ1n) is 5.50. The van der Waals surface area contributed by atoms with Crippen molar-refractivity contribution in [2.75, 3.05) is 11.1 Å². The minimum Gasteiger partial charge on any atom is -0.423 e. The fourth-order valence-corrected chi connectivity index (χ4v) is 1.99. The number of benzene rings is 2. The van der Waals surface area contributed by atoms with Crippen molar-refractivity contribution in [1.29, 1.82) is 0 Å². The summed E-state index contributed by atoms with van der Waals surface area (Å²) in [6.07, 6.45) is 0. The standard InChI is InChI=1S/C13H9Cl2N3O/c14-9-3-2-8(6-10(9)15)17-13-18-11-5-7(16)1-4-12(11)19-13/h1-6H,16H2,(H,17,18). The lowest BCUT2D eigenvalue weighted by Gasteiger charge is -2.02. The number of hydrogen-bond acceptors (Lipinski definition) is 4. The molecule has 0 saturated heterocycles. The largest absolute Gasteiger partial charge is 0.423 e. The first-order chi connectivity index (χ1) is 9.11. The van der Waals surface area contributed by atoms with Crippen molar-refractivity contribution in [3.63, 3.8) is 0 Å². The molecule has 3 rings (SSSR count). The Balaban J connectivity index is 1.94. The number of anilines is 3. The number of rotatable bonds is 2. The molecule has 0 fully saturated rings. The van der Waals surface area contributed by atoms with Crippen molar-refractivity contribution < 1.29 is 4.42 Å². The number of hydrogen-bond donors (Lipinski definition) is 2. The summed E-state index contributed by atoms with van der Waals surface area (Å²) in [5.74, 6) is 0. The highest BCUT2D eigenvalue weighted by Gasteiger charge is 2.07. The molecule has 1 heterocycles. The molecule has 3 N–H and O–H groups in total. The number of nitrogens with one attached hydrogen (secondary N) is 1. The van der Waals surface area contributed by atoms with Crippen LogP contribution in [0.15, 0.2) is 40.8 Å². The zero-order chi connectivity index (χ0) is 13.4. The normalized spacial score (nSPS) is 10.8. The Morgan fingerprint density at radius 2 is 1.89 bits per heavy atom. The van der Waals surface area contributed by atoms with Crippen molar-refractivity contribution in [1.82, 2.24) is 4.98 Å². The zero-order valence-electron chi connectivity index (χ0n) is 9.65. The topological polar surface area (TPSA) is 64.1 Å². The van der Waals surface area contributed by atoms with E-state index < -0.39 is 0 Å². The molecule has 0 aliphatic rings. The van der Waals surface area contributed by atoms with Gasteiger partial charge in [0.25, 0.3) is 6.01 Å². The van der Waals surface area contributed by atoms with Gasteiger partial charge >= 0.3 is 0 Å². The van der Waals surface area contributed by atoms with Crippen LogP contribution in [0.3, 0.4) is 0 Å². The van der Waals surface area contributed by atoms with Crippen molar-refractivity contribution in [3.8, 4) is 0 Å². The molecule has 96 valence electrons. The van der Waals surface area contributed by atoms with Crippen LogP contribution in [0.1, 0.15) is 0 Å². The fraction of sp³-hybridized carbons (Fsp3) is 0. The van der Waals surface area contributed by atoms with Gasteiger partial charge in [-0.2, -0.15) is 4.98 Å². The van der Waals surface area contributed by atoms with Crippen LogP contribution in [-0.4, -0.2) is 4.98 Å². The average molecular weight is 294 g/mol. The van der Waals surface area contributed by atoms with Gasteiger partial charge in [0.05, 0.1) is 10.0 Å². The van der Waals surface area contributed by atoms with Gasteiger partial charge in [0.1, 0.15) is 5.52 Å². The Morgan fingerprint density at radius 1 is 1.05 bits per heavy atom. The maximum atomic E-state index is 5.94. The molecule has 19 heavy (non-hydrogen) atoms. The van der Waals surface area contributed by atoms with E-state index in [2.05, 4.69) is 10.3 Å². The number of fused-ring (bicyclic) bond motifs is 1. The van der Waals surface area contributed by atoms with Crippen molar-refractivity contribution in [2.45, 2.75) is 0 Å². The Bertz CT molecular complexity index is 755. The van der Waals surface area contributed by atoms with Gasteiger partial charge in [0.2, 0.25) is 0 Å². The predicted molar refractivity (Wildman–Crippen MR) is 78.2 cm³/mol. The summed E-state index contributed by atoms with van der Waals surface area (Å²) >= 11 is 11.8. The van der Waals surface area contributed by atoms with Crippen molar-refractivity contribution in [3.05, 3.63) is 46.4 Å². The molecule has 0 saturated carbocycles. The van der Waals surface area contributed by atoms with E-state index in [9.17, 15) is 0 Å². The number of nitrogens with two attached hydrogens (primary N) is 1. The highest BCUT2D eigenvalue weighted by atomic mass is 35.5. The molecule has 0 aliphatic heterocycles. The lowest BCUT2D eigenvalue weighted by atomic mass is 10.3. The highest BCUT2D eigenvalue weighted by molar-refractivity contribution is 6.42. The van der Waals surface area contributed by atoms with Crippen molar-refractivity contribution in [2.24, 2.45) is 0 Å².